The van der Waals surface area contributed by atoms with Crippen LogP contribution in [0.15, 0.2) is 24.3 Å². The zero-order valence-electron chi connectivity index (χ0n) is 18.1. The first-order valence-corrected chi connectivity index (χ1v) is 10.6. The van der Waals surface area contributed by atoms with Crippen LogP contribution in [-0.4, -0.2) is 54.4 Å². The molecule has 2 rings (SSSR count). The van der Waals surface area contributed by atoms with Crippen molar-refractivity contribution in [2.24, 2.45) is 11.8 Å². The van der Waals surface area contributed by atoms with E-state index >= 15 is 0 Å². The molecular formula is C23H36N2O3. The third-order valence-corrected chi connectivity index (χ3v) is 5.13. The second kappa shape index (κ2) is 10.5. The lowest BCUT2D eigenvalue weighted by Gasteiger charge is -2.34. The van der Waals surface area contributed by atoms with Crippen molar-refractivity contribution < 1.29 is 14.3 Å². The van der Waals surface area contributed by atoms with Crippen LogP contribution in [0.4, 0.5) is 0 Å². The van der Waals surface area contributed by atoms with Crippen molar-refractivity contribution in [2.75, 3.05) is 26.7 Å². The number of carbonyl (C=O) groups excluding carboxylic acids is 2. The summed E-state index contributed by atoms with van der Waals surface area (Å²) in [6.45, 7) is 10.3. The minimum atomic E-state index is -0.00989. The summed E-state index contributed by atoms with van der Waals surface area (Å²) < 4.78 is 6.14. The van der Waals surface area contributed by atoms with E-state index in [0.29, 0.717) is 42.7 Å². The SMILES string of the molecule is CC(C)CC(=O)N1CCCCN(C)C(=O)c2ccccc2OC[C@@H]1CC(C)C. The Labute approximate surface area is 170 Å². The molecule has 2 amide bonds. The van der Waals surface area contributed by atoms with Gasteiger partial charge in [0, 0.05) is 26.6 Å². The molecule has 1 aliphatic rings. The topological polar surface area (TPSA) is 49.9 Å². The monoisotopic (exact) mass is 388 g/mol. The summed E-state index contributed by atoms with van der Waals surface area (Å²) in [6, 6.07) is 7.44. The first-order valence-electron chi connectivity index (χ1n) is 10.6. The van der Waals surface area contributed by atoms with E-state index in [2.05, 4.69) is 27.7 Å². The van der Waals surface area contributed by atoms with Gasteiger partial charge in [0.25, 0.3) is 5.91 Å². The highest BCUT2D eigenvalue weighted by molar-refractivity contribution is 5.96. The van der Waals surface area contributed by atoms with Crippen LogP contribution in [-0.2, 0) is 4.79 Å². The molecule has 1 aromatic rings. The fourth-order valence-corrected chi connectivity index (χ4v) is 3.70. The summed E-state index contributed by atoms with van der Waals surface area (Å²) in [7, 11) is 1.83. The molecule has 1 atom stereocenters. The molecule has 0 spiro atoms. The van der Waals surface area contributed by atoms with Crippen LogP contribution in [0.3, 0.4) is 0 Å². The predicted octanol–water partition coefficient (Wildman–Crippen LogP) is 4.22. The third-order valence-electron chi connectivity index (χ3n) is 5.13. The van der Waals surface area contributed by atoms with Crippen molar-refractivity contribution in [3.05, 3.63) is 29.8 Å². The predicted molar refractivity (Wildman–Crippen MR) is 113 cm³/mol. The zero-order valence-corrected chi connectivity index (χ0v) is 18.1. The molecule has 5 heteroatoms. The molecule has 156 valence electrons. The van der Waals surface area contributed by atoms with Gasteiger partial charge in [-0.1, -0.05) is 39.8 Å². The number of benzene rings is 1. The molecule has 5 nitrogen and oxygen atoms in total. The van der Waals surface area contributed by atoms with Crippen molar-refractivity contribution >= 4 is 11.8 Å². The highest BCUT2D eigenvalue weighted by Gasteiger charge is 2.27. The van der Waals surface area contributed by atoms with Gasteiger partial charge in [-0.15, -0.1) is 0 Å². The Morgan fingerprint density at radius 3 is 2.46 bits per heavy atom. The quantitative estimate of drug-likeness (QED) is 0.776. The molecule has 28 heavy (non-hydrogen) atoms. The van der Waals surface area contributed by atoms with Gasteiger partial charge in [-0.3, -0.25) is 9.59 Å². The second-order valence-electron chi connectivity index (χ2n) is 8.71. The van der Waals surface area contributed by atoms with Gasteiger partial charge in [0.2, 0.25) is 5.91 Å². The second-order valence-corrected chi connectivity index (χ2v) is 8.71. The summed E-state index contributed by atoms with van der Waals surface area (Å²) >= 11 is 0. The Kier molecular flexibility index (Phi) is 8.34. The van der Waals surface area contributed by atoms with Crippen LogP contribution in [0, 0.1) is 11.8 Å². The first kappa shape index (κ1) is 22.3. The number of nitrogens with zero attached hydrogens (tertiary/aromatic N) is 2. The van der Waals surface area contributed by atoms with Gasteiger partial charge in [-0.05, 0) is 43.2 Å². The molecule has 0 radical (unpaired) electrons. The van der Waals surface area contributed by atoms with E-state index in [0.717, 1.165) is 25.8 Å². The fraction of sp³-hybridized carbons (Fsp3) is 0.652. The van der Waals surface area contributed by atoms with Crippen LogP contribution in [0.25, 0.3) is 0 Å². The molecule has 1 heterocycles. The highest BCUT2D eigenvalue weighted by Crippen LogP contribution is 2.23. The molecular weight excluding hydrogens is 352 g/mol. The maximum atomic E-state index is 13.0. The zero-order chi connectivity index (χ0) is 20.7. The Morgan fingerprint density at radius 2 is 1.79 bits per heavy atom. The number of fused-ring (bicyclic) bond motifs is 1. The van der Waals surface area contributed by atoms with Crippen molar-refractivity contribution in [1.82, 2.24) is 9.80 Å². The number of rotatable bonds is 4. The van der Waals surface area contributed by atoms with Crippen LogP contribution < -0.4 is 4.74 Å². The van der Waals surface area contributed by atoms with Gasteiger partial charge in [-0.25, -0.2) is 0 Å². The lowest BCUT2D eigenvalue weighted by molar-refractivity contribution is -0.135. The molecule has 0 aliphatic carbocycles. The number of para-hydroxylation sites is 1. The van der Waals surface area contributed by atoms with E-state index in [4.69, 9.17) is 4.74 Å². The summed E-state index contributed by atoms with van der Waals surface area (Å²) in [5.74, 6) is 1.59. The van der Waals surface area contributed by atoms with Gasteiger partial charge < -0.3 is 14.5 Å². The molecule has 0 fully saturated rings. The molecule has 0 unspecified atom stereocenters. The number of carbonyl (C=O) groups is 2. The summed E-state index contributed by atoms with van der Waals surface area (Å²) in [5, 5.41) is 0. The summed E-state index contributed by atoms with van der Waals surface area (Å²) in [5.41, 5.74) is 0.592. The van der Waals surface area contributed by atoms with Gasteiger partial charge in [0.1, 0.15) is 12.4 Å². The van der Waals surface area contributed by atoms with E-state index in [1.165, 1.54) is 0 Å². The van der Waals surface area contributed by atoms with Gasteiger partial charge in [-0.2, -0.15) is 0 Å². The van der Waals surface area contributed by atoms with Crippen molar-refractivity contribution in [2.45, 2.75) is 59.4 Å². The molecule has 0 aromatic heterocycles. The minimum absolute atomic E-state index is 0.00989. The maximum absolute atomic E-state index is 13.0. The van der Waals surface area contributed by atoms with Crippen molar-refractivity contribution in [3.8, 4) is 5.75 Å². The summed E-state index contributed by atoms with van der Waals surface area (Å²) in [6.07, 6.45) is 3.21. The minimum Gasteiger partial charge on any atom is -0.491 e. The highest BCUT2D eigenvalue weighted by atomic mass is 16.5. The van der Waals surface area contributed by atoms with Crippen molar-refractivity contribution in [3.63, 3.8) is 0 Å². The number of hydrogen-bond donors (Lipinski definition) is 0. The molecule has 0 saturated heterocycles. The Hall–Kier alpha value is -2.04. The van der Waals surface area contributed by atoms with Gasteiger partial charge in [0.05, 0.1) is 11.6 Å². The first-order chi connectivity index (χ1) is 13.3. The number of hydrogen-bond acceptors (Lipinski definition) is 3. The van der Waals surface area contributed by atoms with Crippen LogP contribution >= 0.6 is 0 Å². The standard InChI is InChI=1S/C23H36N2O3/c1-17(2)14-19-16-28-21-11-7-6-10-20(21)23(27)24(5)12-8-9-13-25(19)22(26)15-18(3)4/h6-7,10-11,17-19H,8-9,12-16H2,1-5H3/t19-/m0/s1. The molecule has 0 saturated carbocycles. The van der Waals surface area contributed by atoms with E-state index in [9.17, 15) is 9.59 Å². The van der Waals surface area contributed by atoms with Gasteiger partial charge >= 0.3 is 0 Å². The lowest BCUT2D eigenvalue weighted by atomic mass is 10.0. The third kappa shape index (κ3) is 6.25. The van der Waals surface area contributed by atoms with Crippen LogP contribution in [0.2, 0.25) is 0 Å². The Bertz CT molecular complexity index is 657. The average molecular weight is 389 g/mol. The lowest BCUT2D eigenvalue weighted by Crippen LogP contribution is -2.46. The Morgan fingerprint density at radius 1 is 1.11 bits per heavy atom. The normalized spacial score (nSPS) is 19.1. The van der Waals surface area contributed by atoms with Crippen molar-refractivity contribution in [1.29, 1.82) is 0 Å². The van der Waals surface area contributed by atoms with E-state index in [1.807, 2.05) is 36.2 Å². The molecule has 0 bridgehead atoms. The fourth-order valence-electron chi connectivity index (χ4n) is 3.70. The smallest absolute Gasteiger partial charge is 0.257 e. The molecule has 1 aliphatic heterocycles. The van der Waals surface area contributed by atoms with Crippen LogP contribution in [0.1, 0.15) is 63.7 Å². The van der Waals surface area contributed by atoms with Crippen LogP contribution in [0.5, 0.6) is 5.75 Å². The Balaban J connectivity index is 2.32. The molecule has 1 aromatic carbocycles. The van der Waals surface area contributed by atoms with E-state index < -0.39 is 0 Å². The van der Waals surface area contributed by atoms with E-state index in [-0.39, 0.29) is 17.9 Å². The van der Waals surface area contributed by atoms with E-state index in [1.54, 1.807) is 4.90 Å². The number of ether oxygens (including phenoxy) is 1. The average Bonchev–Trinajstić information content (AvgIpc) is 2.63. The maximum Gasteiger partial charge on any atom is 0.257 e. The number of amides is 2. The largest absolute Gasteiger partial charge is 0.491 e. The molecule has 0 N–H and O–H groups in total. The summed E-state index contributed by atoms with van der Waals surface area (Å²) in [4.78, 5) is 29.6. The van der Waals surface area contributed by atoms with Gasteiger partial charge in [0.15, 0.2) is 0 Å².